The highest BCUT2D eigenvalue weighted by molar-refractivity contribution is 6.01. The Bertz CT molecular complexity index is 972. The number of carbonyl (C=O) groups is 2. The predicted octanol–water partition coefficient (Wildman–Crippen LogP) is 4.01. The number of carbonyl (C=O) groups excluding carboxylic acids is 2. The van der Waals surface area contributed by atoms with E-state index >= 15 is 0 Å². The molecule has 3 rings (SSSR count). The fourth-order valence-electron chi connectivity index (χ4n) is 3.23. The Kier molecular flexibility index (Phi) is 5.40. The lowest BCUT2D eigenvalue weighted by Gasteiger charge is -2.36. The molecule has 0 aromatic heterocycles. The van der Waals surface area contributed by atoms with Crippen LogP contribution in [-0.2, 0) is 11.2 Å². The van der Waals surface area contributed by atoms with E-state index in [2.05, 4.69) is 40.8 Å². The molecular weight excluding hydrogens is 352 g/mol. The third kappa shape index (κ3) is 4.17. The second-order valence-electron chi connectivity index (χ2n) is 7.45. The number of hydrogen-bond acceptors (Lipinski definition) is 5. The Morgan fingerprint density at radius 2 is 1.75 bits per heavy atom. The molecule has 1 heterocycles. The van der Waals surface area contributed by atoms with Gasteiger partial charge in [-0.3, -0.25) is 9.59 Å². The predicted molar refractivity (Wildman–Crippen MR) is 109 cm³/mol. The van der Waals surface area contributed by atoms with Crippen molar-refractivity contribution in [2.24, 2.45) is 10.2 Å². The lowest BCUT2D eigenvalue weighted by molar-refractivity contribution is -0.117. The van der Waals surface area contributed by atoms with Gasteiger partial charge in [0.15, 0.2) is 11.5 Å². The van der Waals surface area contributed by atoms with Crippen molar-refractivity contribution >= 4 is 23.1 Å². The number of amides is 1. The minimum atomic E-state index is -0.320. The van der Waals surface area contributed by atoms with Gasteiger partial charge < -0.3 is 10.6 Å². The van der Waals surface area contributed by atoms with Crippen LogP contribution in [0.2, 0.25) is 0 Å². The van der Waals surface area contributed by atoms with Crippen LogP contribution in [0.4, 0.5) is 5.69 Å². The molecule has 2 aromatic carbocycles. The molecule has 0 saturated carbocycles. The summed E-state index contributed by atoms with van der Waals surface area (Å²) in [5.41, 5.74) is 3.94. The molecule has 1 amide bonds. The van der Waals surface area contributed by atoms with E-state index in [1.54, 1.807) is 31.3 Å². The van der Waals surface area contributed by atoms with E-state index in [1.165, 1.54) is 6.92 Å². The van der Waals surface area contributed by atoms with Gasteiger partial charge in [-0.15, -0.1) is 5.11 Å². The first-order chi connectivity index (χ1) is 13.3. The molecule has 0 radical (unpaired) electrons. The molecule has 144 valence electrons. The maximum atomic E-state index is 12.6. The van der Waals surface area contributed by atoms with Crippen LogP contribution in [-0.4, -0.2) is 24.3 Å². The number of likely N-dealkylation sites (N-methyl/N-ethyl adjacent to an activating group) is 1. The Morgan fingerprint density at radius 1 is 1.07 bits per heavy atom. The van der Waals surface area contributed by atoms with Gasteiger partial charge in [-0.25, -0.2) is 0 Å². The largest absolute Gasteiger partial charge is 0.377 e. The van der Waals surface area contributed by atoms with E-state index < -0.39 is 0 Å². The zero-order valence-electron chi connectivity index (χ0n) is 16.5. The van der Waals surface area contributed by atoms with Gasteiger partial charge >= 0.3 is 0 Å². The van der Waals surface area contributed by atoms with Crippen LogP contribution >= 0.6 is 0 Å². The fourth-order valence-corrected chi connectivity index (χ4v) is 3.23. The summed E-state index contributed by atoms with van der Waals surface area (Å²) in [6.07, 6.45) is 0.845. The summed E-state index contributed by atoms with van der Waals surface area (Å²) in [5.74, 6) is -0.332. The summed E-state index contributed by atoms with van der Waals surface area (Å²) in [6, 6.07) is 14.8. The number of benzene rings is 2. The maximum Gasteiger partial charge on any atom is 0.273 e. The average molecular weight is 376 g/mol. The summed E-state index contributed by atoms with van der Waals surface area (Å²) in [6.45, 7) is 5.68. The Labute approximate surface area is 164 Å². The monoisotopic (exact) mass is 376 g/mol. The lowest BCUT2D eigenvalue weighted by Crippen LogP contribution is -2.44. The van der Waals surface area contributed by atoms with Gasteiger partial charge in [0.1, 0.15) is 0 Å². The molecule has 0 bridgehead atoms. The number of rotatable bonds is 4. The average Bonchev–Trinajstić information content (AvgIpc) is 2.67. The minimum absolute atomic E-state index is 0.0121. The molecule has 6 nitrogen and oxygen atoms in total. The zero-order valence-corrected chi connectivity index (χ0v) is 16.5. The Balaban J connectivity index is 2.07. The van der Waals surface area contributed by atoms with Crippen LogP contribution in [0.5, 0.6) is 0 Å². The third-order valence-corrected chi connectivity index (χ3v) is 4.60. The number of fused-ring (bicyclic) bond motifs is 1. The van der Waals surface area contributed by atoms with E-state index in [1.807, 2.05) is 18.2 Å². The van der Waals surface area contributed by atoms with Crippen molar-refractivity contribution in [3.63, 3.8) is 0 Å². The molecular formula is C22H24N4O2. The first kappa shape index (κ1) is 19.5. The first-order valence-corrected chi connectivity index (χ1v) is 9.16. The van der Waals surface area contributed by atoms with Crippen molar-refractivity contribution in [1.29, 1.82) is 0 Å². The van der Waals surface area contributed by atoms with E-state index in [0.29, 0.717) is 16.9 Å². The SMILES string of the molecule is CNC(=O)C(N=Nc1ccc(C(C)=O)cc1)=C1NC(C)(C)Cc2ccccc21. The number of azo groups is 1. The quantitative estimate of drug-likeness (QED) is 0.480. The highest BCUT2D eigenvalue weighted by Crippen LogP contribution is 2.32. The summed E-state index contributed by atoms with van der Waals surface area (Å²) in [5, 5.41) is 14.6. The van der Waals surface area contributed by atoms with Crippen LogP contribution in [0.1, 0.15) is 42.3 Å². The standard InChI is InChI=1S/C22H24N4O2/c1-14(27)15-9-11-17(12-10-15)25-26-20(21(28)23-4)19-18-8-6-5-7-16(18)13-22(2,3)24-19/h5-12,24H,13H2,1-4H3,(H,23,28). The van der Waals surface area contributed by atoms with Crippen molar-refractivity contribution in [1.82, 2.24) is 10.6 Å². The molecule has 0 atom stereocenters. The molecule has 2 aromatic rings. The molecule has 0 saturated heterocycles. The van der Waals surface area contributed by atoms with Gasteiger partial charge in [0.25, 0.3) is 5.91 Å². The van der Waals surface area contributed by atoms with E-state index in [0.717, 1.165) is 17.5 Å². The molecule has 0 unspecified atom stereocenters. The van der Waals surface area contributed by atoms with Gasteiger partial charge in [-0.1, -0.05) is 24.3 Å². The first-order valence-electron chi connectivity index (χ1n) is 9.16. The van der Waals surface area contributed by atoms with Crippen LogP contribution in [0, 0.1) is 0 Å². The van der Waals surface area contributed by atoms with Gasteiger partial charge in [0.2, 0.25) is 0 Å². The zero-order chi connectivity index (χ0) is 20.3. The summed E-state index contributed by atoms with van der Waals surface area (Å²) in [7, 11) is 1.57. The molecule has 0 fully saturated rings. The van der Waals surface area contributed by atoms with Gasteiger partial charge in [-0.2, -0.15) is 5.11 Å². The minimum Gasteiger partial charge on any atom is -0.377 e. The second kappa shape index (κ2) is 7.76. The van der Waals surface area contributed by atoms with Crippen LogP contribution in [0.25, 0.3) is 5.70 Å². The lowest BCUT2D eigenvalue weighted by atomic mass is 9.85. The van der Waals surface area contributed by atoms with Crippen molar-refractivity contribution in [2.75, 3.05) is 7.05 Å². The van der Waals surface area contributed by atoms with E-state index in [4.69, 9.17) is 0 Å². The van der Waals surface area contributed by atoms with Crippen LogP contribution in [0.3, 0.4) is 0 Å². The van der Waals surface area contributed by atoms with Gasteiger partial charge in [0.05, 0.1) is 11.4 Å². The molecule has 0 spiro atoms. The summed E-state index contributed by atoms with van der Waals surface area (Å²) >= 11 is 0. The van der Waals surface area contributed by atoms with Gasteiger partial charge in [-0.05, 0) is 57.0 Å². The molecule has 6 heteroatoms. The highest BCUT2D eigenvalue weighted by atomic mass is 16.2. The summed E-state index contributed by atoms with van der Waals surface area (Å²) < 4.78 is 0. The number of ketones is 1. The van der Waals surface area contributed by atoms with Crippen molar-refractivity contribution in [2.45, 2.75) is 32.7 Å². The second-order valence-corrected chi connectivity index (χ2v) is 7.45. The third-order valence-electron chi connectivity index (χ3n) is 4.60. The number of nitrogens with zero attached hydrogens (tertiary/aromatic N) is 2. The van der Waals surface area contributed by atoms with Crippen molar-refractivity contribution in [3.8, 4) is 0 Å². The number of nitrogens with one attached hydrogen (secondary N) is 2. The maximum absolute atomic E-state index is 12.6. The summed E-state index contributed by atoms with van der Waals surface area (Å²) in [4.78, 5) is 24.0. The molecule has 1 aliphatic heterocycles. The normalized spacial score (nSPS) is 16.9. The number of Topliss-reactive ketones (excluding diaryl/α,β-unsaturated/α-hetero) is 1. The van der Waals surface area contributed by atoms with Crippen LogP contribution < -0.4 is 10.6 Å². The number of hydrogen-bond donors (Lipinski definition) is 2. The van der Waals surface area contributed by atoms with E-state index in [9.17, 15) is 9.59 Å². The molecule has 0 aliphatic carbocycles. The topological polar surface area (TPSA) is 82.9 Å². The highest BCUT2D eigenvalue weighted by Gasteiger charge is 2.30. The van der Waals surface area contributed by atoms with Gasteiger partial charge in [0, 0.05) is 23.7 Å². The molecule has 28 heavy (non-hydrogen) atoms. The van der Waals surface area contributed by atoms with E-state index in [-0.39, 0.29) is 22.9 Å². The van der Waals surface area contributed by atoms with Crippen molar-refractivity contribution < 1.29 is 9.59 Å². The Hall–Kier alpha value is -3.28. The fraction of sp³-hybridized carbons (Fsp3) is 0.273. The van der Waals surface area contributed by atoms with Crippen molar-refractivity contribution in [3.05, 3.63) is 70.9 Å². The molecule has 1 aliphatic rings. The molecule has 2 N–H and O–H groups in total. The Morgan fingerprint density at radius 3 is 2.39 bits per heavy atom. The smallest absolute Gasteiger partial charge is 0.273 e. The van der Waals surface area contributed by atoms with Crippen LogP contribution in [0.15, 0.2) is 64.5 Å².